The number of rotatable bonds is 4. The fourth-order valence-corrected chi connectivity index (χ4v) is 3.25. The lowest BCUT2D eigenvalue weighted by molar-refractivity contribution is 0.522. The third kappa shape index (κ3) is 3.92. The van der Waals surface area contributed by atoms with Crippen LogP contribution in [0.4, 0.5) is 4.39 Å². The lowest BCUT2D eigenvalue weighted by atomic mass is 9.90. The van der Waals surface area contributed by atoms with Crippen molar-refractivity contribution in [3.8, 4) is 0 Å². The van der Waals surface area contributed by atoms with Gasteiger partial charge in [0.15, 0.2) is 0 Å². The molecule has 20 heavy (non-hydrogen) atoms. The first kappa shape index (κ1) is 15.7. The number of nitrogens with one attached hydrogen (secondary N) is 1. The zero-order chi connectivity index (χ0) is 14.4. The molecule has 0 heterocycles. The maximum absolute atomic E-state index is 14.4. The van der Waals surface area contributed by atoms with E-state index in [1.54, 1.807) is 6.07 Å². The second-order valence-electron chi connectivity index (χ2n) is 5.37. The first-order valence-corrected chi connectivity index (χ1v) is 8.39. The predicted octanol–water partition coefficient (Wildman–Crippen LogP) is 5.52. The van der Waals surface area contributed by atoms with Gasteiger partial charge >= 0.3 is 0 Å². The molecule has 1 aliphatic carbocycles. The molecule has 1 N–H and O–H groups in total. The normalized spacial score (nSPS) is 20.6. The van der Waals surface area contributed by atoms with Crippen molar-refractivity contribution in [3.63, 3.8) is 0 Å². The zero-order valence-electron chi connectivity index (χ0n) is 12.1. The molecule has 1 nitrogen and oxygen atoms in total. The molecule has 2 rings (SSSR count). The van der Waals surface area contributed by atoms with Gasteiger partial charge in [0.05, 0.1) is 10.5 Å². The second-order valence-corrected chi connectivity index (χ2v) is 6.22. The van der Waals surface area contributed by atoms with E-state index in [2.05, 4.69) is 34.2 Å². The summed E-state index contributed by atoms with van der Waals surface area (Å²) in [5, 5.41) is 3.46. The molecule has 0 amide bonds. The lowest BCUT2D eigenvalue weighted by Crippen LogP contribution is -2.24. The molecule has 1 aliphatic rings. The Morgan fingerprint density at radius 2 is 2.05 bits per heavy atom. The molecule has 0 aliphatic heterocycles. The summed E-state index contributed by atoms with van der Waals surface area (Å²) in [6, 6.07) is 5.58. The van der Waals surface area contributed by atoms with Crippen LogP contribution in [0.5, 0.6) is 0 Å². The van der Waals surface area contributed by atoms with Crippen LogP contribution >= 0.6 is 15.9 Å². The van der Waals surface area contributed by atoms with Crippen LogP contribution in [0.25, 0.3) is 0 Å². The Balaban J connectivity index is 2.31. The molecule has 0 saturated heterocycles. The number of halogens is 2. The third-order valence-corrected chi connectivity index (χ3v) is 4.51. The van der Waals surface area contributed by atoms with Gasteiger partial charge in [-0.1, -0.05) is 43.5 Å². The largest absolute Gasteiger partial charge is 0.307 e. The summed E-state index contributed by atoms with van der Waals surface area (Å²) in [6.45, 7) is 2.92. The van der Waals surface area contributed by atoms with Gasteiger partial charge in [-0.25, -0.2) is 4.39 Å². The van der Waals surface area contributed by atoms with Crippen molar-refractivity contribution < 1.29 is 4.39 Å². The van der Waals surface area contributed by atoms with Crippen LogP contribution in [-0.4, -0.2) is 6.54 Å². The van der Waals surface area contributed by atoms with Crippen LogP contribution in [0, 0.1) is 5.82 Å². The predicted molar refractivity (Wildman–Crippen MR) is 86.3 cm³/mol. The van der Waals surface area contributed by atoms with E-state index in [0.717, 1.165) is 24.9 Å². The number of benzene rings is 1. The summed E-state index contributed by atoms with van der Waals surface area (Å²) in [4.78, 5) is 0. The van der Waals surface area contributed by atoms with Crippen LogP contribution in [0.1, 0.15) is 57.1 Å². The molecule has 0 spiro atoms. The van der Waals surface area contributed by atoms with Gasteiger partial charge in [0.1, 0.15) is 5.82 Å². The van der Waals surface area contributed by atoms with Crippen molar-refractivity contribution >= 4 is 15.9 Å². The molecule has 1 aromatic carbocycles. The summed E-state index contributed by atoms with van der Waals surface area (Å²) in [7, 11) is 0. The molecule has 110 valence electrons. The number of hydrogen-bond donors (Lipinski definition) is 1. The van der Waals surface area contributed by atoms with E-state index in [-0.39, 0.29) is 11.9 Å². The smallest absolute Gasteiger partial charge is 0.142 e. The van der Waals surface area contributed by atoms with Crippen LogP contribution in [0.2, 0.25) is 0 Å². The van der Waals surface area contributed by atoms with Crippen molar-refractivity contribution in [2.75, 3.05) is 6.54 Å². The van der Waals surface area contributed by atoms with E-state index in [4.69, 9.17) is 0 Å². The molecule has 0 fully saturated rings. The fraction of sp³-hybridized carbons (Fsp3) is 0.529. The molecular formula is C17H23BrFN. The van der Waals surface area contributed by atoms with E-state index in [1.807, 2.05) is 12.1 Å². The highest BCUT2D eigenvalue weighted by Crippen LogP contribution is 2.32. The topological polar surface area (TPSA) is 12.0 Å². The van der Waals surface area contributed by atoms with Gasteiger partial charge in [0.2, 0.25) is 0 Å². The van der Waals surface area contributed by atoms with Crippen LogP contribution < -0.4 is 5.32 Å². The van der Waals surface area contributed by atoms with E-state index >= 15 is 0 Å². The van der Waals surface area contributed by atoms with Gasteiger partial charge in [-0.15, -0.1) is 0 Å². The van der Waals surface area contributed by atoms with Crippen molar-refractivity contribution in [2.45, 2.75) is 51.5 Å². The Morgan fingerprint density at radius 3 is 2.85 bits per heavy atom. The minimum Gasteiger partial charge on any atom is -0.307 e. The molecule has 1 unspecified atom stereocenters. The molecule has 0 bridgehead atoms. The Morgan fingerprint density at radius 1 is 1.25 bits per heavy atom. The van der Waals surface area contributed by atoms with Gasteiger partial charge in [-0.05, 0) is 54.2 Å². The van der Waals surface area contributed by atoms with E-state index in [9.17, 15) is 4.39 Å². The van der Waals surface area contributed by atoms with Crippen molar-refractivity contribution in [1.29, 1.82) is 0 Å². The van der Waals surface area contributed by atoms with Crippen molar-refractivity contribution in [3.05, 3.63) is 45.7 Å². The zero-order valence-corrected chi connectivity index (χ0v) is 13.7. The van der Waals surface area contributed by atoms with Gasteiger partial charge < -0.3 is 5.32 Å². The molecule has 3 heteroatoms. The Kier molecular flexibility index (Phi) is 6.24. The van der Waals surface area contributed by atoms with Gasteiger partial charge in [-0.3, -0.25) is 0 Å². The molecule has 1 atom stereocenters. The average molecular weight is 340 g/mol. The monoisotopic (exact) mass is 339 g/mol. The van der Waals surface area contributed by atoms with Crippen molar-refractivity contribution in [1.82, 2.24) is 5.32 Å². The number of hydrogen-bond acceptors (Lipinski definition) is 1. The average Bonchev–Trinajstić information content (AvgIpc) is 2.40. The Labute approximate surface area is 129 Å². The van der Waals surface area contributed by atoms with E-state index in [0.29, 0.717) is 4.47 Å². The fourth-order valence-electron chi connectivity index (χ4n) is 2.87. The van der Waals surface area contributed by atoms with Crippen LogP contribution in [0.15, 0.2) is 34.3 Å². The molecule has 1 aromatic rings. The summed E-state index contributed by atoms with van der Waals surface area (Å²) < 4.78 is 14.9. The first-order valence-electron chi connectivity index (χ1n) is 7.60. The summed E-state index contributed by atoms with van der Waals surface area (Å²) >= 11 is 3.30. The SMILES string of the molecule is CCNC(/C1=C/CCCCCC1)c1cccc(Br)c1F. The maximum Gasteiger partial charge on any atom is 0.142 e. The Bertz CT molecular complexity index is 470. The first-order chi connectivity index (χ1) is 9.74. The van der Waals surface area contributed by atoms with Crippen molar-refractivity contribution in [2.24, 2.45) is 0 Å². The van der Waals surface area contributed by atoms with Gasteiger partial charge in [0.25, 0.3) is 0 Å². The standard InChI is InChI=1S/C17H23BrFN/c1-2-20-17(13-9-6-4-3-5-7-10-13)14-11-8-12-15(18)16(14)19/h8-9,11-12,17,20H,2-7,10H2,1H3/b13-9+. The summed E-state index contributed by atoms with van der Waals surface area (Å²) in [5.74, 6) is -0.138. The molecule has 0 saturated carbocycles. The molecule has 0 radical (unpaired) electrons. The molecular weight excluding hydrogens is 317 g/mol. The maximum atomic E-state index is 14.4. The highest BCUT2D eigenvalue weighted by atomic mass is 79.9. The number of likely N-dealkylation sites (N-methyl/N-ethyl adjacent to an activating group) is 1. The Hall–Kier alpha value is -0.670. The highest BCUT2D eigenvalue weighted by molar-refractivity contribution is 9.10. The van der Waals surface area contributed by atoms with Crippen LogP contribution in [0.3, 0.4) is 0 Å². The highest BCUT2D eigenvalue weighted by Gasteiger charge is 2.20. The second kappa shape index (κ2) is 7.94. The quantitative estimate of drug-likeness (QED) is 0.712. The van der Waals surface area contributed by atoms with Gasteiger partial charge in [-0.2, -0.15) is 0 Å². The van der Waals surface area contributed by atoms with E-state index < -0.39 is 0 Å². The number of allylic oxidation sites excluding steroid dienone is 1. The molecule has 0 aromatic heterocycles. The van der Waals surface area contributed by atoms with Crippen LogP contribution in [-0.2, 0) is 0 Å². The van der Waals surface area contributed by atoms with E-state index in [1.165, 1.54) is 31.3 Å². The minimum atomic E-state index is -0.138. The third-order valence-electron chi connectivity index (χ3n) is 3.90. The summed E-state index contributed by atoms with van der Waals surface area (Å²) in [6.07, 6.45) is 9.59. The van der Waals surface area contributed by atoms with Gasteiger partial charge in [0, 0.05) is 5.56 Å². The lowest BCUT2D eigenvalue weighted by Gasteiger charge is -2.24. The summed E-state index contributed by atoms with van der Waals surface area (Å²) in [5.41, 5.74) is 2.11. The minimum absolute atomic E-state index is 0.00981.